The second kappa shape index (κ2) is 8.30. The maximum absolute atomic E-state index is 6.03. The molecule has 2 nitrogen and oxygen atoms in total. The van der Waals surface area contributed by atoms with E-state index in [-0.39, 0.29) is 0 Å². The molecule has 0 spiro atoms. The Morgan fingerprint density at radius 1 is 0.400 bits per heavy atom. The Bertz CT molecular complexity index is 1210. The van der Waals surface area contributed by atoms with Crippen LogP contribution in [0.1, 0.15) is 11.1 Å². The lowest BCUT2D eigenvalue weighted by Gasteiger charge is -2.10. The van der Waals surface area contributed by atoms with Gasteiger partial charge in [0.15, 0.2) is 0 Å². The summed E-state index contributed by atoms with van der Waals surface area (Å²) in [4.78, 5) is 0. The average Bonchev–Trinajstić information content (AvgIpc) is 2.81. The number of hydrogen-bond acceptors (Lipinski definition) is 2. The van der Waals surface area contributed by atoms with Gasteiger partial charge in [0.25, 0.3) is 0 Å². The molecule has 0 saturated heterocycles. The van der Waals surface area contributed by atoms with Crippen LogP contribution in [-0.2, 0) is 13.2 Å². The summed E-state index contributed by atoms with van der Waals surface area (Å²) in [5.41, 5.74) is 2.26. The lowest BCUT2D eigenvalue weighted by molar-refractivity contribution is 0.300. The van der Waals surface area contributed by atoms with Gasteiger partial charge in [-0.25, -0.2) is 0 Å². The lowest BCUT2D eigenvalue weighted by atomic mass is 10.1. The fraction of sp³-hybridized carbons (Fsp3) is 0.0714. The van der Waals surface area contributed by atoms with E-state index in [0.717, 1.165) is 22.6 Å². The Morgan fingerprint density at radius 2 is 0.867 bits per heavy atom. The molecule has 0 radical (unpaired) electrons. The number of hydrogen-bond donors (Lipinski definition) is 0. The van der Waals surface area contributed by atoms with E-state index < -0.39 is 0 Å². The zero-order valence-electron chi connectivity index (χ0n) is 16.6. The number of benzene rings is 5. The highest BCUT2D eigenvalue weighted by atomic mass is 16.5. The Balaban J connectivity index is 1.24. The van der Waals surface area contributed by atoms with Crippen molar-refractivity contribution in [3.8, 4) is 11.5 Å². The molecule has 30 heavy (non-hydrogen) atoms. The predicted octanol–water partition coefficient (Wildman–Crippen LogP) is 7.15. The summed E-state index contributed by atoms with van der Waals surface area (Å²) >= 11 is 0. The van der Waals surface area contributed by atoms with Crippen molar-refractivity contribution in [3.05, 3.63) is 120 Å². The highest BCUT2D eigenvalue weighted by Gasteiger charge is 2.02. The molecule has 0 aliphatic carbocycles. The number of ether oxygens (including phenoxy) is 2. The van der Waals surface area contributed by atoms with Crippen LogP contribution in [0.25, 0.3) is 21.5 Å². The number of fused-ring (bicyclic) bond motifs is 2. The van der Waals surface area contributed by atoms with Crippen molar-refractivity contribution in [3.63, 3.8) is 0 Å². The van der Waals surface area contributed by atoms with Gasteiger partial charge in [-0.15, -0.1) is 0 Å². The molecule has 5 rings (SSSR count). The molecule has 0 aliphatic rings. The van der Waals surface area contributed by atoms with E-state index in [2.05, 4.69) is 72.8 Å². The Hall–Kier alpha value is -3.78. The average molecular weight is 390 g/mol. The molecule has 5 aromatic carbocycles. The molecule has 0 saturated carbocycles. The first-order chi connectivity index (χ1) is 14.8. The molecule has 5 aromatic rings. The second-order valence-corrected chi connectivity index (χ2v) is 7.42. The van der Waals surface area contributed by atoms with Crippen LogP contribution in [0.3, 0.4) is 0 Å². The molecular weight excluding hydrogens is 368 g/mol. The van der Waals surface area contributed by atoms with Crippen LogP contribution >= 0.6 is 0 Å². The van der Waals surface area contributed by atoms with Crippen LogP contribution in [0.5, 0.6) is 11.5 Å². The summed E-state index contributed by atoms with van der Waals surface area (Å²) in [6.07, 6.45) is 0. The van der Waals surface area contributed by atoms with Crippen molar-refractivity contribution in [2.24, 2.45) is 0 Å². The summed E-state index contributed by atoms with van der Waals surface area (Å²) in [5.74, 6) is 1.76. The van der Waals surface area contributed by atoms with Gasteiger partial charge in [0, 0.05) is 0 Å². The maximum Gasteiger partial charge on any atom is 0.120 e. The summed E-state index contributed by atoms with van der Waals surface area (Å²) in [7, 11) is 0. The minimum Gasteiger partial charge on any atom is -0.489 e. The van der Waals surface area contributed by atoms with Gasteiger partial charge in [-0.3, -0.25) is 0 Å². The van der Waals surface area contributed by atoms with E-state index in [1.165, 1.54) is 21.5 Å². The Labute approximate surface area is 176 Å². The van der Waals surface area contributed by atoms with Gasteiger partial charge in [0.2, 0.25) is 0 Å². The van der Waals surface area contributed by atoms with Gasteiger partial charge < -0.3 is 9.47 Å². The van der Waals surface area contributed by atoms with E-state index in [1.54, 1.807) is 0 Å². The molecular formula is C28H22O2. The second-order valence-electron chi connectivity index (χ2n) is 7.42. The van der Waals surface area contributed by atoms with Crippen LogP contribution < -0.4 is 9.47 Å². The zero-order chi connectivity index (χ0) is 20.2. The zero-order valence-corrected chi connectivity index (χ0v) is 16.6. The van der Waals surface area contributed by atoms with Crippen LogP contribution in [-0.4, -0.2) is 0 Å². The molecule has 0 heterocycles. The standard InChI is InChI=1S/C28H22O2/c1-3-10-25-17-27(14-12-23(25)8-1)29-19-21-6-5-7-22(16-21)20-30-28-15-13-24-9-2-4-11-26(24)18-28/h1-18H,19-20H2. The van der Waals surface area contributed by atoms with Crippen LogP contribution in [0, 0.1) is 0 Å². The van der Waals surface area contributed by atoms with Crippen molar-refractivity contribution >= 4 is 21.5 Å². The first-order valence-corrected chi connectivity index (χ1v) is 10.1. The topological polar surface area (TPSA) is 18.5 Å². The molecule has 0 unspecified atom stereocenters. The van der Waals surface area contributed by atoms with E-state index in [0.29, 0.717) is 13.2 Å². The Morgan fingerprint density at radius 3 is 1.37 bits per heavy atom. The normalized spacial score (nSPS) is 10.9. The first kappa shape index (κ1) is 18.3. The largest absolute Gasteiger partial charge is 0.489 e. The molecule has 0 amide bonds. The molecule has 0 N–H and O–H groups in total. The fourth-order valence-corrected chi connectivity index (χ4v) is 3.66. The van der Waals surface area contributed by atoms with Gasteiger partial charge in [-0.2, -0.15) is 0 Å². The van der Waals surface area contributed by atoms with E-state index in [9.17, 15) is 0 Å². The van der Waals surface area contributed by atoms with E-state index in [4.69, 9.17) is 9.47 Å². The summed E-state index contributed by atoms with van der Waals surface area (Å²) in [5, 5.41) is 4.82. The maximum atomic E-state index is 6.03. The predicted molar refractivity (Wildman–Crippen MR) is 123 cm³/mol. The van der Waals surface area contributed by atoms with Crippen LogP contribution in [0.2, 0.25) is 0 Å². The molecule has 0 atom stereocenters. The van der Waals surface area contributed by atoms with Crippen molar-refractivity contribution < 1.29 is 9.47 Å². The highest BCUT2D eigenvalue weighted by molar-refractivity contribution is 5.84. The van der Waals surface area contributed by atoms with E-state index in [1.807, 2.05) is 36.4 Å². The minimum atomic E-state index is 0.530. The number of rotatable bonds is 6. The highest BCUT2D eigenvalue weighted by Crippen LogP contribution is 2.23. The third kappa shape index (κ3) is 4.13. The summed E-state index contributed by atoms with van der Waals surface area (Å²) < 4.78 is 12.1. The molecule has 0 fully saturated rings. The first-order valence-electron chi connectivity index (χ1n) is 10.1. The van der Waals surface area contributed by atoms with Gasteiger partial charge in [-0.1, -0.05) is 78.9 Å². The smallest absolute Gasteiger partial charge is 0.120 e. The molecule has 0 aromatic heterocycles. The SMILES string of the molecule is c1cc(COc2ccc3ccccc3c2)cc(COc2ccc3ccccc3c2)c1. The van der Waals surface area contributed by atoms with Crippen molar-refractivity contribution in [1.29, 1.82) is 0 Å². The van der Waals surface area contributed by atoms with E-state index >= 15 is 0 Å². The lowest BCUT2D eigenvalue weighted by Crippen LogP contribution is -1.99. The molecule has 0 bridgehead atoms. The van der Waals surface area contributed by atoms with Crippen molar-refractivity contribution in [2.75, 3.05) is 0 Å². The van der Waals surface area contributed by atoms with Gasteiger partial charge in [-0.05, 0) is 63.0 Å². The molecule has 0 aliphatic heterocycles. The van der Waals surface area contributed by atoms with Crippen molar-refractivity contribution in [1.82, 2.24) is 0 Å². The van der Waals surface area contributed by atoms with Crippen LogP contribution in [0.4, 0.5) is 0 Å². The summed E-state index contributed by atoms with van der Waals surface area (Å²) in [6.45, 7) is 1.06. The molecule has 146 valence electrons. The molecule has 2 heteroatoms. The minimum absolute atomic E-state index is 0.530. The fourth-order valence-electron chi connectivity index (χ4n) is 3.66. The van der Waals surface area contributed by atoms with Gasteiger partial charge >= 0.3 is 0 Å². The third-order valence-electron chi connectivity index (χ3n) is 5.24. The Kier molecular flexibility index (Phi) is 5.05. The summed E-state index contributed by atoms with van der Waals surface area (Å²) in [6, 6.07) is 37.4. The van der Waals surface area contributed by atoms with Gasteiger partial charge in [0.05, 0.1) is 0 Å². The monoisotopic (exact) mass is 390 g/mol. The third-order valence-corrected chi connectivity index (χ3v) is 5.24. The van der Waals surface area contributed by atoms with Gasteiger partial charge in [0.1, 0.15) is 24.7 Å². The quantitative estimate of drug-likeness (QED) is 0.306. The van der Waals surface area contributed by atoms with Crippen LogP contribution in [0.15, 0.2) is 109 Å². The van der Waals surface area contributed by atoms with Crippen molar-refractivity contribution in [2.45, 2.75) is 13.2 Å².